The minimum Gasteiger partial charge on any atom is -0.206 e. The number of rotatable bonds is 2. The average molecular weight is 305 g/mol. The molecule has 3 heteroatoms. The van der Waals surface area contributed by atoms with Gasteiger partial charge in [-0.15, -0.1) is 22.9 Å². The van der Waals surface area contributed by atoms with Crippen LogP contribution in [0.15, 0.2) is 42.5 Å². The van der Waals surface area contributed by atoms with Gasteiger partial charge in [0.1, 0.15) is 5.82 Å². The molecule has 0 saturated carbocycles. The van der Waals surface area contributed by atoms with Gasteiger partial charge in [-0.05, 0) is 42.5 Å². The van der Waals surface area contributed by atoms with Gasteiger partial charge in [-0.25, -0.2) is 4.39 Å². The van der Waals surface area contributed by atoms with Crippen LogP contribution in [0.5, 0.6) is 0 Å². The number of hydrogen-bond acceptors (Lipinski definition) is 1. The normalized spacial score (nSPS) is 12.8. The molecular weight excluding hydrogens is 291 g/mol. The molecule has 3 aromatic rings. The molecule has 0 saturated heterocycles. The fourth-order valence-corrected chi connectivity index (χ4v) is 3.81. The zero-order valence-electron chi connectivity index (χ0n) is 11.3. The molecule has 0 nitrogen and oxygen atoms in total. The molecule has 0 radical (unpaired) electrons. The van der Waals surface area contributed by atoms with Crippen molar-refractivity contribution in [2.75, 3.05) is 0 Å². The van der Waals surface area contributed by atoms with Gasteiger partial charge in [0, 0.05) is 15.1 Å². The minimum atomic E-state index is -0.238. The van der Waals surface area contributed by atoms with Crippen molar-refractivity contribution in [1.82, 2.24) is 0 Å². The molecule has 102 valence electrons. The standard InChI is InChI=1S/C17H14ClFS/c1-10-9-16(20-11(10)2)17(18)14-7-8-15(19)13-6-4-3-5-12(13)14/h3-9,17H,1-2H3. The quantitative estimate of drug-likeness (QED) is 0.510. The summed E-state index contributed by atoms with van der Waals surface area (Å²) in [6.45, 7) is 4.18. The molecule has 1 aromatic heterocycles. The maximum absolute atomic E-state index is 13.9. The van der Waals surface area contributed by atoms with Gasteiger partial charge in [-0.2, -0.15) is 0 Å². The van der Waals surface area contributed by atoms with Crippen molar-refractivity contribution in [2.45, 2.75) is 19.2 Å². The zero-order valence-corrected chi connectivity index (χ0v) is 12.9. The number of halogens is 2. The van der Waals surface area contributed by atoms with E-state index in [2.05, 4.69) is 19.9 Å². The predicted octanol–water partition coefficient (Wildman–Crippen LogP) is 5.99. The van der Waals surface area contributed by atoms with Crippen molar-refractivity contribution >= 4 is 33.7 Å². The van der Waals surface area contributed by atoms with Crippen molar-refractivity contribution < 1.29 is 4.39 Å². The van der Waals surface area contributed by atoms with Gasteiger partial charge < -0.3 is 0 Å². The van der Waals surface area contributed by atoms with Gasteiger partial charge in [-0.1, -0.05) is 30.3 Å². The molecule has 20 heavy (non-hydrogen) atoms. The Morgan fingerprint density at radius 2 is 1.75 bits per heavy atom. The summed E-state index contributed by atoms with van der Waals surface area (Å²) in [6, 6.07) is 12.9. The highest BCUT2D eigenvalue weighted by Gasteiger charge is 2.17. The van der Waals surface area contributed by atoms with Crippen LogP contribution < -0.4 is 0 Å². The third kappa shape index (κ3) is 2.23. The summed E-state index contributed by atoms with van der Waals surface area (Å²) in [5, 5.41) is 1.27. The Kier molecular flexibility index (Phi) is 3.53. The second-order valence-corrected chi connectivity index (χ2v) is 6.66. The number of hydrogen-bond donors (Lipinski definition) is 0. The first-order valence-corrected chi connectivity index (χ1v) is 7.71. The van der Waals surface area contributed by atoms with Crippen molar-refractivity contribution in [3.05, 3.63) is 69.2 Å². The molecule has 0 amide bonds. The van der Waals surface area contributed by atoms with E-state index in [1.54, 1.807) is 23.5 Å². The van der Waals surface area contributed by atoms with Crippen LogP contribution in [0.3, 0.4) is 0 Å². The number of benzene rings is 2. The summed E-state index contributed by atoms with van der Waals surface area (Å²) in [5.41, 5.74) is 2.21. The lowest BCUT2D eigenvalue weighted by Gasteiger charge is -2.12. The highest BCUT2D eigenvalue weighted by Crippen LogP contribution is 2.38. The lowest BCUT2D eigenvalue weighted by molar-refractivity contribution is 0.639. The predicted molar refractivity (Wildman–Crippen MR) is 85.4 cm³/mol. The number of alkyl halides is 1. The topological polar surface area (TPSA) is 0 Å². The Hall–Kier alpha value is -1.38. The average Bonchev–Trinajstić information content (AvgIpc) is 2.79. The van der Waals surface area contributed by atoms with Crippen LogP contribution >= 0.6 is 22.9 Å². The van der Waals surface area contributed by atoms with Crippen molar-refractivity contribution in [3.63, 3.8) is 0 Å². The highest BCUT2D eigenvalue weighted by molar-refractivity contribution is 7.12. The van der Waals surface area contributed by atoms with Crippen LogP contribution in [-0.2, 0) is 0 Å². The second kappa shape index (κ2) is 5.19. The van der Waals surface area contributed by atoms with Crippen LogP contribution in [0.2, 0.25) is 0 Å². The van der Waals surface area contributed by atoms with Crippen molar-refractivity contribution in [3.8, 4) is 0 Å². The molecule has 3 rings (SSSR count). The van der Waals surface area contributed by atoms with E-state index in [9.17, 15) is 4.39 Å². The van der Waals surface area contributed by atoms with Gasteiger partial charge in [0.2, 0.25) is 0 Å². The van der Waals surface area contributed by atoms with Crippen molar-refractivity contribution in [1.29, 1.82) is 0 Å². The van der Waals surface area contributed by atoms with Gasteiger partial charge in [-0.3, -0.25) is 0 Å². The van der Waals surface area contributed by atoms with E-state index in [1.165, 1.54) is 16.5 Å². The summed E-state index contributed by atoms with van der Waals surface area (Å²) in [4.78, 5) is 2.38. The van der Waals surface area contributed by atoms with E-state index in [0.29, 0.717) is 5.39 Å². The molecule has 0 N–H and O–H groups in total. The maximum atomic E-state index is 13.9. The molecule has 1 heterocycles. The maximum Gasteiger partial charge on any atom is 0.131 e. The van der Waals surface area contributed by atoms with E-state index in [1.807, 2.05) is 18.2 Å². The molecule has 0 spiro atoms. The number of aryl methyl sites for hydroxylation is 2. The smallest absolute Gasteiger partial charge is 0.131 e. The van der Waals surface area contributed by atoms with Crippen LogP contribution in [0.1, 0.15) is 26.3 Å². The van der Waals surface area contributed by atoms with Crippen molar-refractivity contribution in [2.24, 2.45) is 0 Å². The molecule has 0 bridgehead atoms. The van der Waals surface area contributed by atoms with E-state index < -0.39 is 0 Å². The van der Waals surface area contributed by atoms with E-state index >= 15 is 0 Å². The molecule has 2 aromatic carbocycles. The summed E-state index contributed by atoms with van der Waals surface area (Å²) >= 11 is 8.34. The summed E-state index contributed by atoms with van der Waals surface area (Å²) < 4.78 is 13.9. The SMILES string of the molecule is Cc1cc(C(Cl)c2ccc(F)c3ccccc23)sc1C. The fraction of sp³-hybridized carbons (Fsp3) is 0.176. The van der Waals surface area contributed by atoms with Gasteiger partial charge in [0.15, 0.2) is 0 Å². The Morgan fingerprint density at radius 1 is 1.05 bits per heavy atom. The molecule has 0 fully saturated rings. The lowest BCUT2D eigenvalue weighted by Crippen LogP contribution is -1.93. The first-order valence-electron chi connectivity index (χ1n) is 6.46. The first kappa shape index (κ1) is 13.6. The number of thiophene rings is 1. The van der Waals surface area contributed by atoms with Crippen LogP contribution in [-0.4, -0.2) is 0 Å². The molecule has 1 unspecified atom stereocenters. The Balaban J connectivity index is 2.17. The molecule has 0 aliphatic carbocycles. The van der Waals surface area contributed by atoms with E-state index in [-0.39, 0.29) is 11.2 Å². The van der Waals surface area contributed by atoms with Gasteiger partial charge in [0.25, 0.3) is 0 Å². The largest absolute Gasteiger partial charge is 0.206 e. The zero-order chi connectivity index (χ0) is 14.3. The van der Waals surface area contributed by atoms with E-state index in [4.69, 9.17) is 11.6 Å². The summed E-state index contributed by atoms with van der Waals surface area (Å²) in [5.74, 6) is -0.202. The fourth-order valence-electron chi connectivity index (χ4n) is 2.39. The minimum absolute atomic E-state index is 0.202. The monoisotopic (exact) mass is 304 g/mol. The van der Waals surface area contributed by atoms with Crippen LogP contribution in [0, 0.1) is 19.7 Å². The molecule has 0 aliphatic rings. The summed E-state index contributed by atoms with van der Waals surface area (Å²) in [7, 11) is 0. The van der Waals surface area contributed by atoms with Crippen LogP contribution in [0.25, 0.3) is 10.8 Å². The van der Waals surface area contributed by atoms with E-state index in [0.717, 1.165) is 15.8 Å². The third-order valence-electron chi connectivity index (χ3n) is 3.61. The Labute approximate surface area is 126 Å². The summed E-state index contributed by atoms with van der Waals surface area (Å²) in [6.07, 6.45) is 0. The molecule has 1 atom stereocenters. The molecular formula is C17H14ClFS. The van der Waals surface area contributed by atoms with Crippen LogP contribution in [0.4, 0.5) is 4.39 Å². The Bertz CT molecular complexity index is 756. The first-order chi connectivity index (χ1) is 9.58. The highest BCUT2D eigenvalue weighted by atomic mass is 35.5. The Morgan fingerprint density at radius 3 is 2.40 bits per heavy atom. The lowest BCUT2D eigenvalue weighted by atomic mass is 10.0. The molecule has 0 aliphatic heterocycles. The van der Waals surface area contributed by atoms with Gasteiger partial charge in [0.05, 0.1) is 5.38 Å². The number of fused-ring (bicyclic) bond motifs is 1. The van der Waals surface area contributed by atoms with Gasteiger partial charge >= 0.3 is 0 Å². The second-order valence-electron chi connectivity index (χ2n) is 4.93. The third-order valence-corrected chi connectivity index (χ3v) is 5.43.